The summed E-state index contributed by atoms with van der Waals surface area (Å²) in [5, 5.41) is 0.646. The standard InChI is InChI=1S/C16H15IN6O3S/c17-8-5-9-10(26-4-3-25-9)6-11(8)27-16-22-13-14(19)20-7-21-15(13)23(16)2-1-12(18)24/h5-7H,1-4H2,(H2,18,24)(H2,19,20,21). The zero-order valence-electron chi connectivity index (χ0n) is 14.0. The summed E-state index contributed by atoms with van der Waals surface area (Å²) in [7, 11) is 0. The number of primary amides is 1. The molecule has 1 aromatic carbocycles. The lowest BCUT2D eigenvalue weighted by atomic mass is 10.3. The number of aromatic nitrogens is 4. The van der Waals surface area contributed by atoms with Gasteiger partial charge in [-0.05, 0) is 34.7 Å². The van der Waals surface area contributed by atoms with Gasteiger partial charge >= 0.3 is 0 Å². The molecule has 3 aromatic rings. The number of carbonyl (C=O) groups excluding carboxylic acids is 1. The van der Waals surface area contributed by atoms with Crippen molar-refractivity contribution in [1.29, 1.82) is 0 Å². The number of nitrogens with zero attached hydrogens (tertiary/aromatic N) is 4. The van der Waals surface area contributed by atoms with E-state index in [4.69, 9.17) is 20.9 Å². The fourth-order valence-corrected chi connectivity index (χ4v) is 4.37. The van der Waals surface area contributed by atoms with Crippen LogP contribution in [0.2, 0.25) is 0 Å². The molecule has 1 aliphatic rings. The summed E-state index contributed by atoms with van der Waals surface area (Å²) in [5.74, 6) is 1.32. The molecule has 0 saturated heterocycles. The van der Waals surface area contributed by atoms with Crippen LogP contribution in [0.25, 0.3) is 11.2 Å². The first-order chi connectivity index (χ1) is 13.0. The predicted octanol–water partition coefficient (Wildman–Crippen LogP) is 1.81. The highest BCUT2D eigenvalue weighted by Crippen LogP contribution is 2.40. The fourth-order valence-electron chi connectivity index (χ4n) is 2.66. The molecule has 0 unspecified atom stereocenters. The topological polar surface area (TPSA) is 131 Å². The Balaban J connectivity index is 1.76. The van der Waals surface area contributed by atoms with Gasteiger partial charge in [0.15, 0.2) is 33.6 Å². The second kappa shape index (κ2) is 7.38. The number of nitrogen functional groups attached to an aromatic ring is 1. The van der Waals surface area contributed by atoms with E-state index in [2.05, 4.69) is 37.5 Å². The molecule has 1 amide bonds. The third kappa shape index (κ3) is 3.60. The molecule has 9 nitrogen and oxygen atoms in total. The number of amides is 1. The smallest absolute Gasteiger partial charge is 0.219 e. The van der Waals surface area contributed by atoms with Crippen LogP contribution in [0.5, 0.6) is 11.5 Å². The van der Waals surface area contributed by atoms with Crippen LogP contribution < -0.4 is 20.9 Å². The molecular weight excluding hydrogens is 483 g/mol. The van der Waals surface area contributed by atoms with Crippen molar-refractivity contribution in [3.63, 3.8) is 0 Å². The molecular formula is C16H15IN6O3S. The highest BCUT2D eigenvalue weighted by atomic mass is 127. The normalized spacial score (nSPS) is 13.1. The first-order valence-corrected chi connectivity index (χ1v) is 9.94. The number of halogens is 1. The van der Waals surface area contributed by atoms with Crippen LogP contribution >= 0.6 is 34.4 Å². The van der Waals surface area contributed by atoms with Crippen molar-refractivity contribution < 1.29 is 14.3 Å². The van der Waals surface area contributed by atoms with Crippen LogP contribution in [0, 0.1) is 3.57 Å². The average molecular weight is 498 g/mol. The van der Waals surface area contributed by atoms with E-state index in [0.717, 1.165) is 14.2 Å². The minimum Gasteiger partial charge on any atom is -0.486 e. The monoisotopic (exact) mass is 498 g/mol. The number of imidazole rings is 1. The molecule has 1 aliphatic heterocycles. The van der Waals surface area contributed by atoms with Crippen molar-refractivity contribution in [2.45, 2.75) is 23.0 Å². The lowest BCUT2D eigenvalue weighted by Gasteiger charge is -2.19. The summed E-state index contributed by atoms with van der Waals surface area (Å²) >= 11 is 3.67. The molecule has 2 aromatic heterocycles. The molecule has 0 radical (unpaired) electrons. The summed E-state index contributed by atoms with van der Waals surface area (Å²) in [4.78, 5) is 25.1. The summed E-state index contributed by atoms with van der Waals surface area (Å²) < 4.78 is 14.1. The highest BCUT2D eigenvalue weighted by molar-refractivity contribution is 14.1. The Bertz CT molecular complexity index is 1040. The summed E-state index contributed by atoms with van der Waals surface area (Å²) in [6.07, 6.45) is 1.55. The number of hydrogen-bond acceptors (Lipinski definition) is 8. The zero-order chi connectivity index (χ0) is 19.0. The fraction of sp³-hybridized carbons (Fsp3) is 0.250. The molecule has 0 spiro atoms. The Morgan fingerprint density at radius 2 is 2.00 bits per heavy atom. The minimum absolute atomic E-state index is 0.168. The molecule has 0 fully saturated rings. The number of rotatable bonds is 5. The Hall–Kier alpha value is -2.28. The maximum atomic E-state index is 11.3. The number of fused-ring (bicyclic) bond motifs is 2. The number of aryl methyl sites for hydroxylation is 1. The van der Waals surface area contributed by atoms with E-state index >= 15 is 0 Å². The van der Waals surface area contributed by atoms with Gasteiger partial charge in [-0.2, -0.15) is 0 Å². The van der Waals surface area contributed by atoms with E-state index in [0.29, 0.717) is 41.8 Å². The molecule has 27 heavy (non-hydrogen) atoms. The summed E-state index contributed by atoms with van der Waals surface area (Å²) in [6.45, 7) is 1.41. The molecule has 4 N–H and O–H groups in total. The van der Waals surface area contributed by atoms with Gasteiger partial charge in [-0.1, -0.05) is 11.8 Å². The van der Waals surface area contributed by atoms with Crippen molar-refractivity contribution in [3.05, 3.63) is 22.0 Å². The first-order valence-electron chi connectivity index (χ1n) is 8.05. The van der Waals surface area contributed by atoms with Crippen LogP contribution in [0.4, 0.5) is 5.82 Å². The molecule has 11 heteroatoms. The van der Waals surface area contributed by atoms with E-state index < -0.39 is 5.91 Å². The highest BCUT2D eigenvalue weighted by Gasteiger charge is 2.20. The predicted molar refractivity (Wildman–Crippen MR) is 108 cm³/mol. The van der Waals surface area contributed by atoms with Crippen molar-refractivity contribution >= 4 is 57.2 Å². The summed E-state index contributed by atoms with van der Waals surface area (Å²) in [5.41, 5.74) is 12.3. The van der Waals surface area contributed by atoms with Crippen LogP contribution in [0.3, 0.4) is 0 Å². The quantitative estimate of drug-likeness (QED) is 0.510. The molecule has 0 aliphatic carbocycles. The Morgan fingerprint density at radius 1 is 1.26 bits per heavy atom. The van der Waals surface area contributed by atoms with E-state index in [9.17, 15) is 4.79 Å². The SMILES string of the molecule is NC(=O)CCn1c(Sc2cc3c(cc2I)OCCO3)nc2c(N)ncnc21. The van der Waals surface area contributed by atoms with Gasteiger partial charge < -0.3 is 25.5 Å². The van der Waals surface area contributed by atoms with E-state index in [1.807, 2.05) is 16.7 Å². The number of ether oxygens (including phenoxy) is 2. The Labute approximate surface area is 172 Å². The first kappa shape index (κ1) is 18.1. The molecule has 0 saturated carbocycles. The van der Waals surface area contributed by atoms with Gasteiger partial charge in [-0.25, -0.2) is 15.0 Å². The number of carbonyl (C=O) groups is 1. The van der Waals surface area contributed by atoms with Gasteiger partial charge in [0.2, 0.25) is 5.91 Å². The third-order valence-electron chi connectivity index (χ3n) is 3.91. The summed E-state index contributed by atoms with van der Waals surface area (Å²) in [6, 6.07) is 3.86. The van der Waals surface area contributed by atoms with Crippen LogP contribution in [-0.4, -0.2) is 38.6 Å². The number of nitrogens with two attached hydrogens (primary N) is 2. The largest absolute Gasteiger partial charge is 0.486 e. The second-order valence-corrected chi connectivity index (χ2v) is 7.89. The molecule has 0 atom stereocenters. The van der Waals surface area contributed by atoms with E-state index in [1.165, 1.54) is 18.1 Å². The van der Waals surface area contributed by atoms with Gasteiger partial charge in [-0.15, -0.1) is 0 Å². The van der Waals surface area contributed by atoms with Gasteiger partial charge in [0, 0.05) is 21.4 Å². The van der Waals surface area contributed by atoms with Crippen molar-refractivity contribution in [3.8, 4) is 11.5 Å². The lowest BCUT2D eigenvalue weighted by molar-refractivity contribution is -0.118. The van der Waals surface area contributed by atoms with Crippen LogP contribution in [0.15, 0.2) is 28.5 Å². The number of benzene rings is 1. The van der Waals surface area contributed by atoms with E-state index in [-0.39, 0.29) is 12.2 Å². The zero-order valence-corrected chi connectivity index (χ0v) is 17.0. The van der Waals surface area contributed by atoms with Gasteiger partial charge in [-0.3, -0.25) is 4.79 Å². The second-order valence-electron chi connectivity index (χ2n) is 5.72. The number of anilines is 1. The molecule has 0 bridgehead atoms. The van der Waals surface area contributed by atoms with Gasteiger partial charge in [0.25, 0.3) is 0 Å². The molecule has 140 valence electrons. The van der Waals surface area contributed by atoms with Crippen molar-refractivity contribution in [2.75, 3.05) is 18.9 Å². The third-order valence-corrected chi connectivity index (χ3v) is 6.22. The molecule has 3 heterocycles. The maximum absolute atomic E-state index is 11.3. The average Bonchev–Trinajstić information content (AvgIpc) is 2.99. The van der Waals surface area contributed by atoms with Crippen LogP contribution in [0.1, 0.15) is 6.42 Å². The Kier molecular flexibility index (Phi) is 4.95. The van der Waals surface area contributed by atoms with Gasteiger partial charge in [0.1, 0.15) is 19.5 Å². The van der Waals surface area contributed by atoms with Crippen LogP contribution in [-0.2, 0) is 11.3 Å². The van der Waals surface area contributed by atoms with Gasteiger partial charge in [0.05, 0.1) is 0 Å². The van der Waals surface area contributed by atoms with E-state index in [1.54, 1.807) is 0 Å². The Morgan fingerprint density at radius 3 is 2.74 bits per heavy atom. The maximum Gasteiger partial charge on any atom is 0.219 e. The molecule has 4 rings (SSSR count). The van der Waals surface area contributed by atoms with Crippen molar-refractivity contribution in [1.82, 2.24) is 19.5 Å². The lowest BCUT2D eigenvalue weighted by Crippen LogP contribution is -2.15. The number of hydrogen-bond donors (Lipinski definition) is 2. The minimum atomic E-state index is -0.399. The van der Waals surface area contributed by atoms with Crippen molar-refractivity contribution in [2.24, 2.45) is 5.73 Å².